The molecule has 9 heteroatoms. The third-order valence-corrected chi connectivity index (χ3v) is 5.52. The molecule has 1 aromatic heterocycles. The van der Waals surface area contributed by atoms with Crippen molar-refractivity contribution in [3.05, 3.63) is 41.7 Å². The van der Waals surface area contributed by atoms with Crippen molar-refractivity contribution in [1.82, 2.24) is 19.6 Å². The van der Waals surface area contributed by atoms with Crippen LogP contribution in [0.3, 0.4) is 0 Å². The predicted octanol–water partition coefficient (Wildman–Crippen LogP) is 0.919. The number of carbonyl (C=O) groups is 2. The van der Waals surface area contributed by atoms with Crippen LogP contribution in [0.4, 0.5) is 5.69 Å². The lowest BCUT2D eigenvalue weighted by atomic mass is 9.99. The highest BCUT2D eigenvalue weighted by Gasteiger charge is 2.38. The average molecular weight is 413 g/mol. The zero-order valence-corrected chi connectivity index (χ0v) is 17.7. The fourth-order valence-corrected chi connectivity index (χ4v) is 4.03. The number of hydrogen-bond acceptors (Lipinski definition) is 6. The van der Waals surface area contributed by atoms with Gasteiger partial charge in [0.15, 0.2) is 6.61 Å². The Morgan fingerprint density at radius 2 is 2.10 bits per heavy atom. The molecule has 0 radical (unpaired) electrons. The highest BCUT2D eigenvalue weighted by molar-refractivity contribution is 6.01. The smallest absolute Gasteiger partial charge is 0.264 e. The molecule has 9 nitrogen and oxygen atoms in total. The zero-order chi connectivity index (χ0) is 21.4. The summed E-state index contributed by atoms with van der Waals surface area (Å²) in [6.07, 6.45) is 3.54. The van der Waals surface area contributed by atoms with Crippen LogP contribution in [0.2, 0.25) is 0 Å². The first kappa shape index (κ1) is 20.4. The maximum absolute atomic E-state index is 13.6. The van der Waals surface area contributed by atoms with E-state index in [2.05, 4.69) is 10.00 Å². The van der Waals surface area contributed by atoms with Crippen LogP contribution in [-0.2, 0) is 16.6 Å². The average Bonchev–Trinajstić information content (AvgIpc) is 3.15. The van der Waals surface area contributed by atoms with Crippen molar-refractivity contribution >= 4 is 17.5 Å². The molecule has 2 aromatic rings. The van der Waals surface area contributed by atoms with Crippen LogP contribution in [-0.4, -0.2) is 84.9 Å². The molecule has 0 unspecified atom stereocenters. The topological polar surface area (TPSA) is 80.1 Å². The molecule has 2 aliphatic rings. The summed E-state index contributed by atoms with van der Waals surface area (Å²) in [7, 11) is 7.52. The first-order valence-electron chi connectivity index (χ1n) is 9.94. The summed E-state index contributed by atoms with van der Waals surface area (Å²) in [5.41, 5.74) is 2.05. The molecule has 160 valence electrons. The molecule has 3 heterocycles. The van der Waals surface area contributed by atoms with Crippen molar-refractivity contribution < 1.29 is 19.1 Å². The van der Waals surface area contributed by atoms with Gasteiger partial charge in [0.05, 0.1) is 30.6 Å². The van der Waals surface area contributed by atoms with E-state index in [1.54, 1.807) is 36.1 Å². The number of likely N-dealkylation sites (N-methyl/N-ethyl adjacent to an activating group) is 2. The first-order chi connectivity index (χ1) is 14.3. The van der Waals surface area contributed by atoms with Gasteiger partial charge in [-0.05, 0) is 32.3 Å². The molecule has 0 aliphatic carbocycles. The Balaban J connectivity index is 1.68. The van der Waals surface area contributed by atoms with Crippen LogP contribution in [0.25, 0.3) is 0 Å². The SMILES string of the molecule is CN(C)C[C@@H]1OCCN(C(=O)c2ccc3c(c2)N(C)C(=O)CO3)[C@H]1c1cnn(C)c1. The van der Waals surface area contributed by atoms with Crippen molar-refractivity contribution in [2.45, 2.75) is 12.1 Å². The van der Waals surface area contributed by atoms with Gasteiger partial charge in [-0.3, -0.25) is 14.3 Å². The quantitative estimate of drug-likeness (QED) is 0.742. The van der Waals surface area contributed by atoms with Gasteiger partial charge in [-0.15, -0.1) is 0 Å². The summed E-state index contributed by atoms with van der Waals surface area (Å²) < 4.78 is 13.3. The van der Waals surface area contributed by atoms with E-state index < -0.39 is 0 Å². The Labute approximate surface area is 175 Å². The Hall–Kier alpha value is -2.91. The number of aromatic nitrogens is 2. The normalized spacial score (nSPS) is 21.6. The number of anilines is 1. The number of carbonyl (C=O) groups excluding carboxylic acids is 2. The molecule has 2 atom stereocenters. The molecule has 0 saturated carbocycles. The van der Waals surface area contributed by atoms with Gasteiger partial charge in [0.1, 0.15) is 5.75 Å². The van der Waals surface area contributed by atoms with Crippen LogP contribution < -0.4 is 9.64 Å². The third kappa shape index (κ3) is 3.78. The van der Waals surface area contributed by atoms with Crippen LogP contribution in [0.5, 0.6) is 5.75 Å². The summed E-state index contributed by atoms with van der Waals surface area (Å²) in [5.74, 6) is 0.354. The maximum atomic E-state index is 13.6. The molecule has 1 saturated heterocycles. The van der Waals surface area contributed by atoms with Crippen molar-refractivity contribution in [2.75, 3.05) is 52.3 Å². The fraction of sp³-hybridized carbons (Fsp3) is 0.476. The second-order valence-corrected chi connectivity index (χ2v) is 7.99. The molecule has 0 N–H and O–H groups in total. The van der Waals surface area contributed by atoms with E-state index >= 15 is 0 Å². The highest BCUT2D eigenvalue weighted by atomic mass is 16.5. The molecule has 4 rings (SSSR count). The summed E-state index contributed by atoms with van der Waals surface area (Å²) in [4.78, 5) is 31.0. The predicted molar refractivity (Wildman–Crippen MR) is 111 cm³/mol. The van der Waals surface area contributed by atoms with Crippen LogP contribution >= 0.6 is 0 Å². The highest BCUT2D eigenvalue weighted by Crippen LogP contribution is 2.35. The number of morpholine rings is 1. The molecule has 1 aromatic carbocycles. The monoisotopic (exact) mass is 413 g/mol. The number of nitrogens with zero attached hydrogens (tertiary/aromatic N) is 5. The molecule has 2 amide bonds. The van der Waals surface area contributed by atoms with Crippen LogP contribution in [0.15, 0.2) is 30.6 Å². The number of ether oxygens (including phenoxy) is 2. The number of aryl methyl sites for hydroxylation is 1. The number of fused-ring (bicyclic) bond motifs is 1. The van der Waals surface area contributed by atoms with E-state index in [0.29, 0.717) is 36.7 Å². The van der Waals surface area contributed by atoms with Crippen molar-refractivity contribution in [2.24, 2.45) is 7.05 Å². The molecule has 2 aliphatic heterocycles. The van der Waals surface area contributed by atoms with E-state index in [4.69, 9.17) is 9.47 Å². The van der Waals surface area contributed by atoms with E-state index in [1.807, 2.05) is 32.2 Å². The van der Waals surface area contributed by atoms with Crippen molar-refractivity contribution in [3.63, 3.8) is 0 Å². The Kier molecular flexibility index (Phi) is 5.48. The summed E-state index contributed by atoms with van der Waals surface area (Å²) in [6, 6.07) is 4.98. The minimum atomic E-state index is -0.256. The minimum Gasteiger partial charge on any atom is -0.482 e. The summed E-state index contributed by atoms with van der Waals surface area (Å²) in [6.45, 7) is 1.63. The van der Waals surface area contributed by atoms with Gasteiger partial charge in [0, 0.05) is 44.5 Å². The van der Waals surface area contributed by atoms with E-state index in [9.17, 15) is 9.59 Å². The molecule has 30 heavy (non-hydrogen) atoms. The number of benzene rings is 1. The second kappa shape index (κ2) is 8.08. The summed E-state index contributed by atoms with van der Waals surface area (Å²) in [5, 5.41) is 4.30. The first-order valence-corrected chi connectivity index (χ1v) is 9.94. The van der Waals surface area contributed by atoms with E-state index in [0.717, 1.165) is 5.56 Å². The number of amides is 2. The third-order valence-electron chi connectivity index (χ3n) is 5.52. The molecule has 1 fully saturated rings. The molecule has 0 bridgehead atoms. The number of rotatable bonds is 4. The van der Waals surface area contributed by atoms with Gasteiger partial charge in [-0.2, -0.15) is 5.10 Å². The van der Waals surface area contributed by atoms with Gasteiger partial charge in [-0.25, -0.2) is 0 Å². The van der Waals surface area contributed by atoms with Crippen LogP contribution in [0, 0.1) is 0 Å². The van der Waals surface area contributed by atoms with Gasteiger partial charge < -0.3 is 24.2 Å². The largest absolute Gasteiger partial charge is 0.482 e. The van der Waals surface area contributed by atoms with E-state index in [1.165, 1.54) is 4.90 Å². The Morgan fingerprint density at radius 3 is 2.80 bits per heavy atom. The molecule has 0 spiro atoms. The molecular formula is C21H27N5O4. The lowest BCUT2D eigenvalue weighted by Gasteiger charge is -2.42. The van der Waals surface area contributed by atoms with E-state index in [-0.39, 0.29) is 30.6 Å². The lowest BCUT2D eigenvalue weighted by Crippen LogP contribution is -2.51. The standard InChI is InChI=1S/C21H27N5O4/c1-23(2)12-18-20(15-10-22-24(3)11-15)26(7-8-29-18)21(28)14-5-6-17-16(9-14)25(4)19(27)13-30-17/h5-6,9-11,18,20H,7-8,12-13H2,1-4H3/t18-,20-/m0/s1. The molecular weight excluding hydrogens is 386 g/mol. The van der Waals surface area contributed by atoms with Gasteiger partial charge >= 0.3 is 0 Å². The Morgan fingerprint density at radius 1 is 1.30 bits per heavy atom. The van der Waals surface area contributed by atoms with Crippen molar-refractivity contribution in [3.8, 4) is 5.75 Å². The Bertz CT molecular complexity index is 957. The van der Waals surface area contributed by atoms with Gasteiger partial charge in [0.2, 0.25) is 0 Å². The number of hydrogen-bond donors (Lipinski definition) is 0. The van der Waals surface area contributed by atoms with Gasteiger partial charge in [0.25, 0.3) is 11.8 Å². The summed E-state index contributed by atoms with van der Waals surface area (Å²) >= 11 is 0. The van der Waals surface area contributed by atoms with Crippen LogP contribution in [0.1, 0.15) is 22.0 Å². The fourth-order valence-electron chi connectivity index (χ4n) is 4.03. The second-order valence-electron chi connectivity index (χ2n) is 7.99. The maximum Gasteiger partial charge on any atom is 0.264 e. The zero-order valence-electron chi connectivity index (χ0n) is 17.7. The van der Waals surface area contributed by atoms with Crippen molar-refractivity contribution in [1.29, 1.82) is 0 Å². The lowest BCUT2D eigenvalue weighted by molar-refractivity contribution is -0.120. The van der Waals surface area contributed by atoms with Gasteiger partial charge in [-0.1, -0.05) is 0 Å². The minimum absolute atomic E-state index is 0.00948.